The highest BCUT2D eigenvalue weighted by Crippen LogP contribution is 2.27. The molecule has 2 aromatic carbocycles. The van der Waals surface area contributed by atoms with E-state index in [0.717, 1.165) is 26.5 Å². The zero-order valence-corrected chi connectivity index (χ0v) is 16.5. The lowest BCUT2D eigenvalue weighted by Crippen LogP contribution is -2.33. The number of nitrogens with zero attached hydrogens (tertiary/aromatic N) is 2. The van der Waals surface area contributed by atoms with E-state index in [9.17, 15) is 4.79 Å². The molecule has 0 spiro atoms. The summed E-state index contributed by atoms with van der Waals surface area (Å²) in [5.74, 6) is 0.673. The lowest BCUT2D eigenvalue weighted by Gasteiger charge is -2.26. The molecule has 1 N–H and O–H groups in total. The second kappa shape index (κ2) is 8.79. The fourth-order valence-corrected chi connectivity index (χ4v) is 3.75. The van der Waals surface area contributed by atoms with Gasteiger partial charge in [-0.2, -0.15) is 0 Å². The van der Waals surface area contributed by atoms with Crippen LogP contribution < -0.4 is 10.1 Å². The van der Waals surface area contributed by atoms with Gasteiger partial charge in [-0.25, -0.2) is 4.98 Å². The van der Waals surface area contributed by atoms with E-state index in [4.69, 9.17) is 4.74 Å². The van der Waals surface area contributed by atoms with Crippen LogP contribution in [0.25, 0.3) is 16.3 Å². The van der Waals surface area contributed by atoms with Gasteiger partial charge in [-0.1, -0.05) is 30.3 Å². The van der Waals surface area contributed by atoms with Gasteiger partial charge in [-0.3, -0.25) is 4.79 Å². The molecule has 1 aromatic heterocycles. The first-order valence-corrected chi connectivity index (χ1v) is 9.51. The zero-order chi connectivity index (χ0) is 19.2. The van der Waals surface area contributed by atoms with Crippen LogP contribution in [-0.4, -0.2) is 43.5 Å². The summed E-state index contributed by atoms with van der Waals surface area (Å²) in [6.45, 7) is 0.483. The van der Waals surface area contributed by atoms with Crippen LogP contribution in [-0.2, 0) is 4.79 Å². The van der Waals surface area contributed by atoms with Gasteiger partial charge >= 0.3 is 0 Å². The molecule has 27 heavy (non-hydrogen) atoms. The molecule has 6 heteroatoms. The Balaban J connectivity index is 1.65. The minimum Gasteiger partial charge on any atom is -0.496 e. The van der Waals surface area contributed by atoms with Crippen molar-refractivity contribution in [2.75, 3.05) is 27.7 Å². The topological polar surface area (TPSA) is 54.5 Å². The summed E-state index contributed by atoms with van der Waals surface area (Å²) in [7, 11) is 5.63. The number of benzene rings is 2. The van der Waals surface area contributed by atoms with E-state index in [1.165, 1.54) is 6.08 Å². The van der Waals surface area contributed by atoms with Crippen molar-refractivity contribution >= 4 is 33.5 Å². The van der Waals surface area contributed by atoms with E-state index < -0.39 is 0 Å². The number of hydrogen-bond donors (Lipinski definition) is 1. The van der Waals surface area contributed by atoms with Crippen molar-refractivity contribution in [3.05, 3.63) is 65.2 Å². The number of carbonyl (C=O) groups excluding carboxylic acids is 1. The molecule has 1 heterocycles. The number of likely N-dealkylation sites (N-methyl/N-ethyl adjacent to an activating group) is 1. The quantitative estimate of drug-likeness (QED) is 0.634. The lowest BCUT2D eigenvalue weighted by atomic mass is 10.0. The predicted molar refractivity (Wildman–Crippen MR) is 111 cm³/mol. The average Bonchev–Trinajstić information content (AvgIpc) is 3.09. The van der Waals surface area contributed by atoms with Crippen LogP contribution in [0.15, 0.2) is 54.6 Å². The molecule has 0 aliphatic rings. The Kier molecular flexibility index (Phi) is 6.21. The van der Waals surface area contributed by atoms with Gasteiger partial charge in [0.25, 0.3) is 0 Å². The highest BCUT2D eigenvalue weighted by Gasteiger charge is 2.18. The summed E-state index contributed by atoms with van der Waals surface area (Å²) in [5, 5.41) is 3.79. The summed E-state index contributed by atoms with van der Waals surface area (Å²) in [6.07, 6.45) is 3.29. The Morgan fingerprint density at radius 1 is 1.22 bits per heavy atom. The second-order valence-electron chi connectivity index (χ2n) is 6.32. The first kappa shape index (κ1) is 19.1. The van der Waals surface area contributed by atoms with Crippen molar-refractivity contribution < 1.29 is 9.53 Å². The Labute approximate surface area is 163 Å². The largest absolute Gasteiger partial charge is 0.496 e. The van der Waals surface area contributed by atoms with Crippen LogP contribution >= 0.6 is 11.3 Å². The number of para-hydroxylation sites is 2. The molecular formula is C21H23N3O2S. The molecule has 1 atom stereocenters. The minimum atomic E-state index is -0.143. The van der Waals surface area contributed by atoms with Gasteiger partial charge in [-0.05, 0) is 38.4 Å². The van der Waals surface area contributed by atoms with E-state index in [0.29, 0.717) is 6.54 Å². The van der Waals surface area contributed by atoms with Gasteiger partial charge in [0.2, 0.25) is 5.91 Å². The molecular weight excluding hydrogens is 358 g/mol. The van der Waals surface area contributed by atoms with Crippen molar-refractivity contribution in [3.63, 3.8) is 0 Å². The lowest BCUT2D eigenvalue weighted by molar-refractivity contribution is -0.116. The van der Waals surface area contributed by atoms with Crippen LogP contribution in [0.5, 0.6) is 5.75 Å². The molecule has 1 amide bonds. The minimum absolute atomic E-state index is 0.0148. The third-order valence-corrected chi connectivity index (χ3v) is 5.28. The summed E-state index contributed by atoms with van der Waals surface area (Å²) >= 11 is 1.57. The average molecular weight is 382 g/mol. The smallest absolute Gasteiger partial charge is 0.244 e. The number of nitrogens with one attached hydrogen (secondary N) is 1. The van der Waals surface area contributed by atoms with Crippen LogP contribution in [0.3, 0.4) is 0 Å². The maximum atomic E-state index is 12.3. The number of methoxy groups -OCH3 is 1. The number of amides is 1. The molecule has 0 bridgehead atoms. The Morgan fingerprint density at radius 2 is 1.96 bits per heavy atom. The molecule has 0 saturated heterocycles. The number of rotatable bonds is 7. The first-order chi connectivity index (χ1) is 13.1. The monoisotopic (exact) mass is 381 g/mol. The highest BCUT2D eigenvalue weighted by atomic mass is 32.1. The van der Waals surface area contributed by atoms with Crippen molar-refractivity contribution in [2.24, 2.45) is 0 Å². The number of thiazole rings is 1. The third-order valence-electron chi connectivity index (χ3n) is 4.28. The molecule has 0 saturated carbocycles. The number of hydrogen-bond acceptors (Lipinski definition) is 5. The van der Waals surface area contributed by atoms with Crippen LogP contribution in [0.2, 0.25) is 0 Å². The molecule has 0 aliphatic heterocycles. The molecule has 0 radical (unpaired) electrons. The van der Waals surface area contributed by atoms with Gasteiger partial charge in [0.1, 0.15) is 10.8 Å². The van der Waals surface area contributed by atoms with E-state index >= 15 is 0 Å². The summed E-state index contributed by atoms with van der Waals surface area (Å²) in [5.41, 5.74) is 1.99. The van der Waals surface area contributed by atoms with Gasteiger partial charge in [0, 0.05) is 18.2 Å². The first-order valence-electron chi connectivity index (χ1n) is 8.69. The van der Waals surface area contributed by atoms with Crippen molar-refractivity contribution in [2.45, 2.75) is 6.04 Å². The summed E-state index contributed by atoms with van der Waals surface area (Å²) < 4.78 is 6.57. The van der Waals surface area contributed by atoms with Crippen molar-refractivity contribution in [3.8, 4) is 5.75 Å². The van der Waals surface area contributed by atoms with E-state index in [1.807, 2.05) is 62.6 Å². The van der Waals surface area contributed by atoms with Crippen molar-refractivity contribution in [1.82, 2.24) is 15.2 Å². The molecule has 3 rings (SSSR count). The molecule has 140 valence electrons. The van der Waals surface area contributed by atoms with E-state index in [-0.39, 0.29) is 11.9 Å². The molecule has 3 aromatic rings. The zero-order valence-electron chi connectivity index (χ0n) is 15.7. The Morgan fingerprint density at radius 3 is 2.70 bits per heavy atom. The molecule has 0 fully saturated rings. The van der Waals surface area contributed by atoms with Gasteiger partial charge < -0.3 is 15.0 Å². The number of ether oxygens (including phenoxy) is 1. The maximum absolute atomic E-state index is 12.3. The highest BCUT2D eigenvalue weighted by molar-refractivity contribution is 7.19. The van der Waals surface area contributed by atoms with E-state index in [1.54, 1.807) is 24.5 Å². The maximum Gasteiger partial charge on any atom is 0.244 e. The molecule has 1 unspecified atom stereocenters. The fourth-order valence-electron chi connectivity index (χ4n) is 2.88. The Hall–Kier alpha value is -2.70. The SMILES string of the molecule is COc1ccccc1C(CNC(=O)/C=C/c1nc2ccccc2s1)N(C)C. The molecule has 0 aliphatic carbocycles. The normalized spacial score (nSPS) is 12.6. The Bertz CT molecular complexity index is 916. The van der Waals surface area contributed by atoms with Crippen LogP contribution in [0.4, 0.5) is 0 Å². The standard InChI is InChI=1S/C21H23N3O2S/c1-24(2)17(15-8-4-6-10-18(15)26-3)14-22-20(25)12-13-21-23-16-9-5-7-11-19(16)27-21/h4-13,17H,14H2,1-3H3,(H,22,25)/b13-12+. The fraction of sp³-hybridized carbons (Fsp3) is 0.238. The van der Waals surface area contributed by atoms with E-state index in [2.05, 4.69) is 15.2 Å². The number of fused-ring (bicyclic) bond motifs is 1. The summed E-state index contributed by atoms with van der Waals surface area (Å²) in [4.78, 5) is 18.8. The number of aromatic nitrogens is 1. The third kappa shape index (κ3) is 4.72. The summed E-state index contributed by atoms with van der Waals surface area (Å²) in [6, 6.07) is 15.8. The van der Waals surface area contributed by atoms with Gasteiger partial charge in [-0.15, -0.1) is 11.3 Å². The molecule has 5 nitrogen and oxygen atoms in total. The second-order valence-corrected chi connectivity index (χ2v) is 7.38. The van der Waals surface area contributed by atoms with Gasteiger partial charge in [0.05, 0.1) is 23.4 Å². The predicted octanol–water partition coefficient (Wildman–Crippen LogP) is 3.74. The van der Waals surface area contributed by atoms with Gasteiger partial charge in [0.15, 0.2) is 0 Å². The van der Waals surface area contributed by atoms with Crippen LogP contribution in [0.1, 0.15) is 16.6 Å². The van der Waals surface area contributed by atoms with Crippen LogP contribution in [0, 0.1) is 0 Å². The number of carbonyl (C=O) groups is 1. The van der Waals surface area contributed by atoms with Crippen molar-refractivity contribution in [1.29, 1.82) is 0 Å².